The second-order valence-electron chi connectivity index (χ2n) is 5.38. The number of aryl methyl sites for hydroxylation is 1. The van der Waals surface area contributed by atoms with E-state index in [9.17, 15) is 5.11 Å². The predicted molar refractivity (Wildman–Crippen MR) is 88.1 cm³/mol. The zero-order valence-electron chi connectivity index (χ0n) is 12.2. The average molecular weight is 326 g/mol. The molecule has 0 aliphatic heterocycles. The molecular weight excluding hydrogens is 312 g/mol. The number of fused-ring (bicyclic) bond motifs is 1. The van der Waals surface area contributed by atoms with Crippen LogP contribution in [0.5, 0.6) is 5.75 Å². The zero-order chi connectivity index (χ0) is 15.8. The van der Waals surface area contributed by atoms with E-state index in [1.165, 1.54) is 11.3 Å². The number of hydrogen-bond acceptors (Lipinski definition) is 5. The monoisotopic (exact) mass is 326 g/mol. The van der Waals surface area contributed by atoms with Gasteiger partial charge < -0.3 is 5.11 Å². The molecule has 7 nitrogen and oxygen atoms in total. The van der Waals surface area contributed by atoms with Gasteiger partial charge in [-0.1, -0.05) is 0 Å². The highest BCUT2D eigenvalue weighted by atomic mass is 32.1. The van der Waals surface area contributed by atoms with Crippen molar-refractivity contribution in [2.45, 2.75) is 19.3 Å². The van der Waals surface area contributed by atoms with E-state index in [2.05, 4.69) is 25.5 Å². The van der Waals surface area contributed by atoms with Gasteiger partial charge in [-0.05, 0) is 61.3 Å². The van der Waals surface area contributed by atoms with Crippen LogP contribution in [-0.4, -0.2) is 36.4 Å². The number of aromatic nitrogens is 5. The number of H-pyrrole nitrogens is 2. The Morgan fingerprint density at radius 1 is 1.17 bits per heavy atom. The number of aromatic hydroxyl groups is 1. The van der Waals surface area contributed by atoms with Crippen LogP contribution in [0, 0.1) is 4.77 Å². The molecule has 1 aliphatic rings. The maximum absolute atomic E-state index is 9.32. The van der Waals surface area contributed by atoms with E-state index < -0.39 is 0 Å². The standard InChI is InChI=1S/C15H14N6OS/c22-10-6-4-9(5-7-10)8-16-21-14(19-20-15(21)23)13-11-2-1-3-12(11)17-18-13/h4-8,22H,1-3H2,(H,17,18)(H,20,23). The van der Waals surface area contributed by atoms with Crippen LogP contribution in [0.2, 0.25) is 0 Å². The first-order chi connectivity index (χ1) is 11.2. The Labute approximate surface area is 136 Å². The van der Waals surface area contributed by atoms with E-state index in [0.717, 1.165) is 30.5 Å². The van der Waals surface area contributed by atoms with E-state index in [0.29, 0.717) is 10.6 Å². The van der Waals surface area contributed by atoms with Gasteiger partial charge in [0, 0.05) is 11.3 Å². The van der Waals surface area contributed by atoms with Crippen molar-refractivity contribution in [2.24, 2.45) is 5.10 Å². The Bertz CT molecular complexity index is 934. The quantitative estimate of drug-likeness (QED) is 0.509. The van der Waals surface area contributed by atoms with Crippen LogP contribution in [0.15, 0.2) is 29.4 Å². The number of aromatic amines is 2. The first kappa shape index (κ1) is 13.9. The highest BCUT2D eigenvalue weighted by Crippen LogP contribution is 2.29. The van der Waals surface area contributed by atoms with Crippen LogP contribution in [-0.2, 0) is 12.8 Å². The van der Waals surface area contributed by atoms with E-state index in [4.69, 9.17) is 12.2 Å². The molecule has 2 heterocycles. The number of nitrogens with zero attached hydrogens (tertiary/aromatic N) is 4. The molecule has 0 bridgehead atoms. The topological polar surface area (TPSA) is 94.9 Å². The minimum absolute atomic E-state index is 0.217. The predicted octanol–water partition coefficient (Wildman–Crippen LogP) is 2.41. The molecule has 2 aromatic heterocycles. The first-order valence-corrected chi connectivity index (χ1v) is 7.70. The van der Waals surface area contributed by atoms with Gasteiger partial charge in [0.25, 0.3) is 0 Å². The minimum Gasteiger partial charge on any atom is -0.508 e. The summed E-state index contributed by atoms with van der Waals surface area (Å²) in [6.45, 7) is 0. The van der Waals surface area contributed by atoms with Crippen molar-refractivity contribution in [3.63, 3.8) is 0 Å². The molecule has 4 rings (SSSR count). The molecule has 1 aromatic carbocycles. The highest BCUT2D eigenvalue weighted by molar-refractivity contribution is 7.71. The molecule has 0 amide bonds. The van der Waals surface area contributed by atoms with Crippen LogP contribution in [0.4, 0.5) is 0 Å². The normalized spacial score (nSPS) is 13.7. The zero-order valence-corrected chi connectivity index (χ0v) is 13.0. The van der Waals surface area contributed by atoms with Crippen LogP contribution < -0.4 is 0 Å². The summed E-state index contributed by atoms with van der Waals surface area (Å²) in [6, 6.07) is 6.76. The van der Waals surface area contributed by atoms with Crippen molar-refractivity contribution in [3.05, 3.63) is 45.9 Å². The molecule has 0 atom stereocenters. The lowest BCUT2D eigenvalue weighted by Crippen LogP contribution is -1.97. The lowest BCUT2D eigenvalue weighted by molar-refractivity contribution is 0.475. The summed E-state index contributed by atoms with van der Waals surface area (Å²) < 4.78 is 1.97. The molecule has 0 saturated carbocycles. The maximum atomic E-state index is 9.32. The second kappa shape index (κ2) is 5.47. The number of phenols is 1. The van der Waals surface area contributed by atoms with E-state index in [-0.39, 0.29) is 5.75 Å². The fourth-order valence-corrected chi connectivity index (χ4v) is 2.92. The highest BCUT2D eigenvalue weighted by Gasteiger charge is 2.23. The summed E-state index contributed by atoms with van der Waals surface area (Å²) in [7, 11) is 0. The van der Waals surface area contributed by atoms with Crippen LogP contribution in [0.3, 0.4) is 0 Å². The maximum Gasteiger partial charge on any atom is 0.216 e. The number of rotatable bonds is 3. The number of hydrogen-bond donors (Lipinski definition) is 3. The van der Waals surface area contributed by atoms with Gasteiger partial charge in [-0.3, -0.25) is 5.10 Å². The number of phenolic OH excluding ortho intramolecular Hbond substituents is 1. The summed E-state index contributed by atoms with van der Waals surface area (Å²) in [5.74, 6) is 0.819. The summed E-state index contributed by atoms with van der Waals surface area (Å²) in [5.41, 5.74) is 4.01. The van der Waals surface area contributed by atoms with Gasteiger partial charge in [-0.25, -0.2) is 5.10 Å². The molecule has 0 saturated heterocycles. The lowest BCUT2D eigenvalue weighted by Gasteiger charge is -2.00. The van der Waals surface area contributed by atoms with Crippen molar-refractivity contribution >= 4 is 18.4 Å². The van der Waals surface area contributed by atoms with E-state index >= 15 is 0 Å². The van der Waals surface area contributed by atoms with Crippen molar-refractivity contribution in [2.75, 3.05) is 0 Å². The van der Waals surface area contributed by atoms with Gasteiger partial charge in [-0.2, -0.15) is 20.0 Å². The molecule has 0 fully saturated rings. The molecule has 0 radical (unpaired) electrons. The molecular formula is C15H14N6OS. The summed E-state index contributed by atoms with van der Waals surface area (Å²) in [4.78, 5) is 0. The summed E-state index contributed by atoms with van der Waals surface area (Å²) in [5, 5.41) is 28.2. The average Bonchev–Trinajstić information content (AvgIpc) is 3.23. The lowest BCUT2D eigenvalue weighted by atomic mass is 10.2. The third-order valence-electron chi connectivity index (χ3n) is 3.88. The van der Waals surface area contributed by atoms with Gasteiger partial charge in [0.15, 0.2) is 0 Å². The Morgan fingerprint density at radius 3 is 2.83 bits per heavy atom. The molecule has 3 N–H and O–H groups in total. The third-order valence-corrected chi connectivity index (χ3v) is 4.15. The molecule has 1 aliphatic carbocycles. The van der Waals surface area contributed by atoms with Gasteiger partial charge >= 0.3 is 0 Å². The Hall–Kier alpha value is -2.74. The Balaban J connectivity index is 1.73. The van der Waals surface area contributed by atoms with Gasteiger partial charge in [0.05, 0.1) is 6.21 Å². The van der Waals surface area contributed by atoms with E-state index in [1.807, 2.05) is 0 Å². The SMILES string of the molecule is Oc1ccc(C=Nn2c(-c3n[nH]c4c3CCC4)n[nH]c2=S)cc1. The van der Waals surface area contributed by atoms with Crippen molar-refractivity contribution in [1.29, 1.82) is 0 Å². The second-order valence-corrected chi connectivity index (χ2v) is 5.77. The minimum atomic E-state index is 0.217. The summed E-state index contributed by atoms with van der Waals surface area (Å²) >= 11 is 5.26. The van der Waals surface area contributed by atoms with Crippen LogP contribution in [0.1, 0.15) is 23.2 Å². The van der Waals surface area contributed by atoms with Crippen molar-refractivity contribution in [3.8, 4) is 17.3 Å². The van der Waals surface area contributed by atoms with E-state index in [1.54, 1.807) is 35.2 Å². The van der Waals surface area contributed by atoms with Crippen molar-refractivity contribution in [1.82, 2.24) is 25.1 Å². The third kappa shape index (κ3) is 2.46. The first-order valence-electron chi connectivity index (χ1n) is 7.29. The fraction of sp³-hybridized carbons (Fsp3) is 0.200. The van der Waals surface area contributed by atoms with Gasteiger partial charge in [-0.15, -0.1) is 0 Å². The largest absolute Gasteiger partial charge is 0.508 e. The molecule has 3 aromatic rings. The molecule has 0 unspecified atom stereocenters. The van der Waals surface area contributed by atoms with Gasteiger partial charge in [0.2, 0.25) is 10.6 Å². The summed E-state index contributed by atoms with van der Waals surface area (Å²) in [6.07, 6.45) is 4.80. The fourth-order valence-electron chi connectivity index (χ4n) is 2.74. The molecule has 116 valence electrons. The van der Waals surface area contributed by atoms with Crippen LogP contribution in [0.25, 0.3) is 11.5 Å². The molecule has 23 heavy (non-hydrogen) atoms. The van der Waals surface area contributed by atoms with Crippen molar-refractivity contribution < 1.29 is 5.11 Å². The Kier molecular flexibility index (Phi) is 3.30. The molecule has 0 spiro atoms. The smallest absolute Gasteiger partial charge is 0.216 e. The van der Waals surface area contributed by atoms with Gasteiger partial charge in [0.1, 0.15) is 11.4 Å². The molecule has 8 heteroatoms. The number of nitrogens with one attached hydrogen (secondary N) is 2. The Morgan fingerprint density at radius 2 is 2.00 bits per heavy atom. The van der Waals surface area contributed by atoms with Crippen LogP contribution >= 0.6 is 12.2 Å². The number of benzene rings is 1.